The fourth-order valence-corrected chi connectivity index (χ4v) is 2.68. The SMILES string of the molecule is O=C(OC(C(F)(F)F)C(F)(F)S(=O)(=O)O)c1ccc(Cc2ccccc2)cc1. The molecule has 0 amide bonds. The summed E-state index contributed by atoms with van der Waals surface area (Å²) in [6.45, 7) is 0. The molecule has 2 aromatic carbocycles. The van der Waals surface area contributed by atoms with Gasteiger partial charge in [-0.25, -0.2) is 4.79 Å². The molecule has 0 fully saturated rings. The average molecular weight is 424 g/mol. The second-order valence-corrected chi connectivity index (χ2v) is 7.22. The molecule has 0 aliphatic heterocycles. The topological polar surface area (TPSA) is 80.7 Å². The van der Waals surface area contributed by atoms with Crippen LogP contribution in [0.5, 0.6) is 0 Å². The number of rotatable bonds is 6. The second-order valence-electron chi connectivity index (χ2n) is 5.72. The molecule has 0 saturated carbocycles. The van der Waals surface area contributed by atoms with Crippen molar-refractivity contribution in [1.29, 1.82) is 0 Å². The van der Waals surface area contributed by atoms with E-state index in [-0.39, 0.29) is 0 Å². The maximum absolute atomic E-state index is 13.4. The smallest absolute Gasteiger partial charge is 0.432 e. The van der Waals surface area contributed by atoms with E-state index in [4.69, 9.17) is 4.55 Å². The third kappa shape index (κ3) is 5.04. The number of alkyl halides is 5. The minimum Gasteiger partial charge on any atom is -0.441 e. The summed E-state index contributed by atoms with van der Waals surface area (Å²) in [5.74, 6) is -1.82. The van der Waals surface area contributed by atoms with Crippen LogP contribution in [0.3, 0.4) is 0 Å². The molecule has 0 aliphatic carbocycles. The molecule has 0 saturated heterocycles. The lowest BCUT2D eigenvalue weighted by Gasteiger charge is -2.26. The van der Waals surface area contributed by atoms with E-state index in [0.29, 0.717) is 12.0 Å². The zero-order chi connectivity index (χ0) is 21.2. The molecule has 1 N–H and O–H groups in total. The molecule has 0 aromatic heterocycles. The van der Waals surface area contributed by atoms with Gasteiger partial charge in [-0.15, -0.1) is 0 Å². The average Bonchev–Trinajstić information content (AvgIpc) is 2.59. The van der Waals surface area contributed by atoms with Gasteiger partial charge >= 0.3 is 27.5 Å². The molecule has 1 unspecified atom stereocenters. The molecule has 2 aromatic rings. The molecular formula is C17H13F5O5S. The Hall–Kier alpha value is -2.53. The molecule has 0 heterocycles. The third-order valence-electron chi connectivity index (χ3n) is 3.61. The standard InChI is InChI=1S/C17H13F5O5S/c18-16(19,20)15(17(21,22)28(24,25)26)27-14(23)13-8-6-12(7-9-13)10-11-4-2-1-3-5-11/h1-9,15H,10H2,(H,24,25,26). The van der Waals surface area contributed by atoms with Crippen molar-refractivity contribution in [1.82, 2.24) is 0 Å². The first-order valence-electron chi connectivity index (χ1n) is 7.58. The molecule has 2 rings (SSSR count). The van der Waals surface area contributed by atoms with Crippen LogP contribution in [0, 0.1) is 0 Å². The summed E-state index contributed by atoms with van der Waals surface area (Å²) in [5.41, 5.74) is 1.10. The van der Waals surface area contributed by atoms with Crippen LogP contribution in [-0.2, 0) is 21.3 Å². The van der Waals surface area contributed by atoms with E-state index in [1.165, 1.54) is 12.1 Å². The monoisotopic (exact) mass is 424 g/mol. The van der Waals surface area contributed by atoms with Gasteiger partial charge < -0.3 is 4.74 Å². The van der Waals surface area contributed by atoms with Gasteiger partial charge in [0.05, 0.1) is 5.56 Å². The lowest BCUT2D eigenvalue weighted by Crippen LogP contribution is -2.52. The van der Waals surface area contributed by atoms with E-state index in [1.807, 2.05) is 18.2 Å². The van der Waals surface area contributed by atoms with Gasteiger partial charge in [-0.1, -0.05) is 42.5 Å². The Kier molecular flexibility index (Phi) is 6.09. The zero-order valence-electron chi connectivity index (χ0n) is 13.9. The first kappa shape index (κ1) is 21.8. The Balaban J connectivity index is 2.20. The molecule has 0 spiro atoms. The highest BCUT2D eigenvalue weighted by Gasteiger charge is 2.66. The first-order valence-corrected chi connectivity index (χ1v) is 9.02. The number of hydrogen-bond donors (Lipinski definition) is 1. The van der Waals surface area contributed by atoms with Crippen molar-refractivity contribution >= 4 is 16.1 Å². The highest BCUT2D eigenvalue weighted by Crippen LogP contribution is 2.38. The van der Waals surface area contributed by atoms with Crippen molar-refractivity contribution in [2.75, 3.05) is 0 Å². The largest absolute Gasteiger partial charge is 0.441 e. The summed E-state index contributed by atoms with van der Waals surface area (Å²) < 4.78 is 98.5. The fraction of sp³-hybridized carbons (Fsp3) is 0.235. The van der Waals surface area contributed by atoms with E-state index in [0.717, 1.165) is 17.7 Å². The van der Waals surface area contributed by atoms with Gasteiger partial charge in [-0.05, 0) is 29.7 Å². The number of ether oxygens (including phenoxy) is 1. The van der Waals surface area contributed by atoms with Crippen molar-refractivity contribution in [2.24, 2.45) is 0 Å². The molecule has 152 valence electrons. The lowest BCUT2D eigenvalue weighted by molar-refractivity contribution is -0.248. The van der Waals surface area contributed by atoms with Crippen molar-refractivity contribution < 1.29 is 44.5 Å². The van der Waals surface area contributed by atoms with Crippen molar-refractivity contribution in [2.45, 2.75) is 24.0 Å². The van der Waals surface area contributed by atoms with Crippen LogP contribution in [0.15, 0.2) is 54.6 Å². The van der Waals surface area contributed by atoms with Crippen LogP contribution >= 0.6 is 0 Å². The van der Waals surface area contributed by atoms with Crippen LogP contribution in [0.1, 0.15) is 21.5 Å². The highest BCUT2D eigenvalue weighted by molar-refractivity contribution is 7.86. The van der Waals surface area contributed by atoms with E-state index < -0.39 is 39.2 Å². The molecule has 0 aliphatic rings. The molecule has 1 atom stereocenters. The van der Waals surface area contributed by atoms with Gasteiger partial charge in [0, 0.05) is 0 Å². The summed E-state index contributed by atoms with van der Waals surface area (Å²) in [5, 5.41) is -5.77. The Morgan fingerprint density at radius 3 is 1.89 bits per heavy atom. The summed E-state index contributed by atoms with van der Waals surface area (Å²) >= 11 is 0. The molecule has 28 heavy (non-hydrogen) atoms. The molecule has 11 heteroatoms. The van der Waals surface area contributed by atoms with E-state index in [1.54, 1.807) is 12.1 Å². The molecule has 0 bridgehead atoms. The van der Waals surface area contributed by atoms with Crippen LogP contribution < -0.4 is 0 Å². The number of halogens is 5. The van der Waals surface area contributed by atoms with Crippen molar-refractivity contribution in [3.63, 3.8) is 0 Å². The minimum atomic E-state index is -6.48. The summed E-state index contributed by atoms with van der Waals surface area (Å²) in [7, 11) is -6.48. The second kappa shape index (κ2) is 7.84. The molecule has 0 radical (unpaired) electrons. The Morgan fingerprint density at radius 2 is 1.43 bits per heavy atom. The Labute approximate surface area is 156 Å². The quantitative estimate of drug-likeness (QED) is 0.433. The van der Waals surface area contributed by atoms with Crippen LogP contribution in [-0.4, -0.2) is 36.5 Å². The number of esters is 1. The van der Waals surface area contributed by atoms with Crippen molar-refractivity contribution in [3.8, 4) is 0 Å². The molecular weight excluding hydrogens is 411 g/mol. The van der Waals surface area contributed by atoms with Crippen LogP contribution in [0.2, 0.25) is 0 Å². The number of carbonyl (C=O) groups is 1. The van der Waals surface area contributed by atoms with Gasteiger partial charge in [0.1, 0.15) is 0 Å². The van der Waals surface area contributed by atoms with Gasteiger partial charge in [-0.2, -0.15) is 30.4 Å². The van der Waals surface area contributed by atoms with E-state index >= 15 is 0 Å². The van der Waals surface area contributed by atoms with Gasteiger partial charge in [0.25, 0.3) is 6.10 Å². The van der Waals surface area contributed by atoms with Gasteiger partial charge in [0.15, 0.2) is 0 Å². The lowest BCUT2D eigenvalue weighted by atomic mass is 10.0. The highest BCUT2D eigenvalue weighted by atomic mass is 32.2. The maximum Gasteiger partial charge on any atom is 0.432 e. The predicted molar refractivity (Wildman–Crippen MR) is 87.4 cm³/mol. The number of hydrogen-bond acceptors (Lipinski definition) is 4. The summed E-state index contributed by atoms with van der Waals surface area (Å²) in [6.07, 6.45) is -9.86. The third-order valence-corrected chi connectivity index (χ3v) is 4.51. The minimum absolute atomic E-state index is 0.447. The van der Waals surface area contributed by atoms with Crippen LogP contribution in [0.25, 0.3) is 0 Å². The predicted octanol–water partition coefficient (Wildman–Crippen LogP) is 3.85. The van der Waals surface area contributed by atoms with E-state index in [2.05, 4.69) is 4.74 Å². The number of benzene rings is 2. The molecule has 5 nitrogen and oxygen atoms in total. The maximum atomic E-state index is 13.4. The van der Waals surface area contributed by atoms with Gasteiger partial charge in [-0.3, -0.25) is 4.55 Å². The van der Waals surface area contributed by atoms with Gasteiger partial charge in [0.2, 0.25) is 0 Å². The Morgan fingerprint density at radius 1 is 0.929 bits per heavy atom. The first-order chi connectivity index (χ1) is 12.8. The summed E-state index contributed by atoms with van der Waals surface area (Å²) in [4.78, 5) is 11.8. The Bertz CT molecular complexity index is 925. The van der Waals surface area contributed by atoms with Crippen LogP contribution in [0.4, 0.5) is 22.0 Å². The normalized spacial score (nSPS) is 13.8. The summed E-state index contributed by atoms with van der Waals surface area (Å²) in [6, 6.07) is 13.9. The zero-order valence-corrected chi connectivity index (χ0v) is 14.7. The number of carbonyl (C=O) groups excluding carboxylic acids is 1. The fourth-order valence-electron chi connectivity index (χ4n) is 2.23. The van der Waals surface area contributed by atoms with Crippen molar-refractivity contribution in [3.05, 3.63) is 71.3 Å². The van der Waals surface area contributed by atoms with E-state index in [9.17, 15) is 35.2 Å².